The van der Waals surface area contributed by atoms with Gasteiger partial charge in [0.1, 0.15) is 0 Å². The van der Waals surface area contributed by atoms with Crippen LogP contribution in [0.15, 0.2) is 40.9 Å². The van der Waals surface area contributed by atoms with Crippen molar-refractivity contribution in [1.29, 1.82) is 5.26 Å². The van der Waals surface area contributed by atoms with Gasteiger partial charge in [-0.25, -0.2) is 9.59 Å². The Morgan fingerprint density at radius 2 is 1.75 bits per heavy atom. The number of ether oxygens (including phenoxy) is 3. The van der Waals surface area contributed by atoms with Crippen LogP contribution in [0, 0.1) is 11.3 Å². The van der Waals surface area contributed by atoms with E-state index >= 15 is 0 Å². The lowest BCUT2D eigenvalue weighted by Gasteiger charge is -2.31. The minimum absolute atomic E-state index is 0.0438. The van der Waals surface area contributed by atoms with Crippen LogP contribution >= 0.6 is 10.5 Å². The number of allylic oxidation sites excluding steroid dienone is 1. The minimum Gasteiger partial charge on any atom is -0.465 e. The number of benzene rings is 1. The van der Waals surface area contributed by atoms with Gasteiger partial charge in [-0.3, -0.25) is 0 Å². The maximum Gasteiger partial charge on any atom is 0.351 e. The molecule has 0 amide bonds. The highest BCUT2D eigenvalue weighted by Gasteiger charge is 2.39. The van der Waals surface area contributed by atoms with Crippen molar-refractivity contribution < 1.29 is 23.8 Å². The molecule has 0 N–H and O–H groups in total. The molecule has 7 nitrogen and oxygen atoms in total. The van der Waals surface area contributed by atoms with Crippen LogP contribution in [0.1, 0.15) is 11.5 Å². The average molecular weight is 402 g/mol. The van der Waals surface area contributed by atoms with E-state index in [9.17, 15) is 14.9 Å². The Morgan fingerprint density at radius 1 is 1.14 bits per heavy atom. The number of rotatable bonds is 4. The highest BCUT2D eigenvalue weighted by Crippen LogP contribution is 2.48. The molecule has 0 spiro atoms. The molecular formula is C20H22N2O5S. The molecule has 0 saturated carbocycles. The summed E-state index contributed by atoms with van der Waals surface area (Å²) in [5, 5.41) is 10.7. The molecule has 0 aromatic heterocycles. The summed E-state index contributed by atoms with van der Waals surface area (Å²) in [5.41, 5.74) is 1.57. The Bertz CT molecular complexity index is 848. The van der Waals surface area contributed by atoms with E-state index in [0.29, 0.717) is 37.6 Å². The largest absolute Gasteiger partial charge is 0.465 e. The lowest BCUT2D eigenvalue weighted by Crippen LogP contribution is -2.36. The van der Waals surface area contributed by atoms with Gasteiger partial charge in [0.25, 0.3) is 0 Å². The molecule has 1 saturated heterocycles. The molecule has 3 rings (SSSR count). The van der Waals surface area contributed by atoms with Gasteiger partial charge in [-0.05, 0) is 5.56 Å². The van der Waals surface area contributed by atoms with Gasteiger partial charge in [0.15, 0.2) is 4.86 Å². The van der Waals surface area contributed by atoms with E-state index in [1.54, 1.807) is 0 Å². The number of nitriles is 1. The predicted molar refractivity (Wildman–Crippen MR) is 106 cm³/mol. The molecule has 2 atom stereocenters. The van der Waals surface area contributed by atoms with Crippen LogP contribution in [-0.4, -0.2) is 68.0 Å². The van der Waals surface area contributed by atoms with Gasteiger partial charge in [-0.15, -0.1) is 10.5 Å². The second-order valence-electron chi connectivity index (χ2n) is 6.26. The van der Waals surface area contributed by atoms with E-state index in [2.05, 4.69) is 11.0 Å². The highest BCUT2D eigenvalue weighted by molar-refractivity contribution is 8.21. The lowest BCUT2D eigenvalue weighted by atomic mass is 9.94. The summed E-state index contributed by atoms with van der Waals surface area (Å²) in [5.74, 6) is -1.17. The van der Waals surface area contributed by atoms with Crippen LogP contribution < -0.4 is 0 Å². The van der Waals surface area contributed by atoms with Gasteiger partial charge in [0.05, 0.1) is 44.1 Å². The SMILES string of the molecule is COC(=O)C(C(=O)OC)=S1CC(c2ccccc2)C(C#N)=C1N1CCOCC1. The zero-order valence-electron chi connectivity index (χ0n) is 15.8. The number of carbonyl (C=O) groups excluding carboxylic acids is 2. The van der Waals surface area contributed by atoms with E-state index < -0.39 is 22.4 Å². The summed E-state index contributed by atoms with van der Waals surface area (Å²) in [6, 6.07) is 12.0. The molecule has 2 aliphatic rings. The van der Waals surface area contributed by atoms with Crippen LogP contribution in [0.5, 0.6) is 0 Å². The van der Waals surface area contributed by atoms with Crippen LogP contribution in [0.4, 0.5) is 0 Å². The predicted octanol–water partition coefficient (Wildman–Crippen LogP) is 1.64. The maximum absolute atomic E-state index is 12.5. The third-order valence-corrected chi connectivity index (χ3v) is 7.19. The number of hydrogen-bond acceptors (Lipinski definition) is 7. The van der Waals surface area contributed by atoms with Crippen molar-refractivity contribution in [3.63, 3.8) is 0 Å². The summed E-state index contributed by atoms with van der Waals surface area (Å²) in [4.78, 5) is 26.9. The molecule has 0 bridgehead atoms. The fraction of sp³-hybridized carbons (Fsp3) is 0.400. The molecule has 1 fully saturated rings. The highest BCUT2D eigenvalue weighted by atomic mass is 32.2. The van der Waals surface area contributed by atoms with Crippen molar-refractivity contribution in [3.05, 3.63) is 46.5 Å². The molecule has 2 unspecified atom stereocenters. The Kier molecular flexibility index (Phi) is 6.49. The van der Waals surface area contributed by atoms with Gasteiger partial charge in [-0.2, -0.15) is 5.26 Å². The van der Waals surface area contributed by atoms with Crippen LogP contribution in [0.3, 0.4) is 0 Å². The van der Waals surface area contributed by atoms with E-state index in [1.165, 1.54) is 14.2 Å². The molecule has 2 heterocycles. The van der Waals surface area contributed by atoms with Crippen molar-refractivity contribution in [2.24, 2.45) is 0 Å². The standard InChI is InChI=1S/C20H22N2O5S/c1-25-19(23)17(20(24)26-2)28-13-16(14-6-4-3-5-7-14)15(12-21)18(28)22-8-10-27-11-9-22/h3-7,16H,8-11,13H2,1-2H3. The number of carbonyl (C=O) groups is 2. The number of hydrogen-bond donors (Lipinski definition) is 0. The first-order valence-corrected chi connectivity index (χ1v) is 10.3. The van der Waals surface area contributed by atoms with Crippen LogP contribution in [0.2, 0.25) is 0 Å². The number of esters is 2. The molecule has 1 aromatic carbocycles. The Hall–Kier alpha value is -2.63. The molecule has 148 valence electrons. The van der Waals surface area contributed by atoms with Gasteiger partial charge in [0.2, 0.25) is 0 Å². The van der Waals surface area contributed by atoms with Gasteiger partial charge < -0.3 is 19.1 Å². The number of morpholine rings is 1. The van der Waals surface area contributed by atoms with Gasteiger partial charge in [0, 0.05) is 24.8 Å². The first-order valence-electron chi connectivity index (χ1n) is 8.88. The van der Waals surface area contributed by atoms with Crippen molar-refractivity contribution >= 4 is 27.3 Å². The smallest absolute Gasteiger partial charge is 0.351 e. The molecule has 28 heavy (non-hydrogen) atoms. The van der Waals surface area contributed by atoms with E-state index in [-0.39, 0.29) is 10.8 Å². The Balaban J connectivity index is 2.21. The topological polar surface area (TPSA) is 88.9 Å². The van der Waals surface area contributed by atoms with Crippen molar-refractivity contribution in [3.8, 4) is 6.07 Å². The molecular weight excluding hydrogens is 380 g/mol. The summed E-state index contributed by atoms with van der Waals surface area (Å²) < 4.78 is 15.2. The lowest BCUT2D eigenvalue weighted by molar-refractivity contribution is -0.137. The summed E-state index contributed by atoms with van der Waals surface area (Å²) in [6.45, 7) is 2.25. The van der Waals surface area contributed by atoms with Crippen LogP contribution in [-0.2, 0) is 23.8 Å². The molecule has 0 aliphatic carbocycles. The molecule has 1 aromatic rings. The van der Waals surface area contributed by atoms with Crippen molar-refractivity contribution in [2.75, 3.05) is 46.3 Å². The van der Waals surface area contributed by atoms with Crippen molar-refractivity contribution in [1.82, 2.24) is 4.90 Å². The second kappa shape index (κ2) is 9.04. The summed E-state index contributed by atoms with van der Waals surface area (Å²) in [6.07, 6.45) is 0. The van der Waals surface area contributed by atoms with E-state index in [1.807, 2.05) is 30.3 Å². The maximum atomic E-state index is 12.5. The van der Waals surface area contributed by atoms with Gasteiger partial charge in [-0.1, -0.05) is 30.3 Å². The Labute approximate surface area is 166 Å². The van der Waals surface area contributed by atoms with Crippen molar-refractivity contribution in [2.45, 2.75) is 5.92 Å². The Morgan fingerprint density at radius 3 is 2.29 bits per heavy atom. The van der Waals surface area contributed by atoms with E-state index in [0.717, 1.165) is 10.6 Å². The molecule has 8 heteroatoms. The third-order valence-electron chi connectivity index (χ3n) is 4.75. The fourth-order valence-corrected chi connectivity index (χ4v) is 6.15. The third kappa shape index (κ3) is 3.81. The average Bonchev–Trinajstić information content (AvgIpc) is 3.13. The zero-order valence-corrected chi connectivity index (χ0v) is 16.7. The number of nitrogens with zero attached hydrogens (tertiary/aromatic N) is 2. The summed E-state index contributed by atoms with van der Waals surface area (Å²) >= 11 is 0. The summed E-state index contributed by atoms with van der Waals surface area (Å²) in [7, 11) is 1.55. The second-order valence-corrected chi connectivity index (χ2v) is 8.17. The van der Waals surface area contributed by atoms with E-state index in [4.69, 9.17) is 14.2 Å². The first kappa shape index (κ1) is 20.1. The first-order chi connectivity index (χ1) is 13.6. The molecule has 2 aliphatic heterocycles. The van der Waals surface area contributed by atoms with Crippen LogP contribution in [0.25, 0.3) is 0 Å². The monoisotopic (exact) mass is 402 g/mol. The minimum atomic E-state index is -0.926. The normalized spacial score (nSPS) is 21.8. The molecule has 0 radical (unpaired) electrons. The fourth-order valence-electron chi connectivity index (χ4n) is 3.43. The zero-order chi connectivity index (χ0) is 20.1. The van der Waals surface area contributed by atoms with Gasteiger partial charge >= 0.3 is 11.9 Å². The number of methoxy groups -OCH3 is 2. The quantitative estimate of drug-likeness (QED) is 0.430.